The number of hydrogen-bond acceptors (Lipinski definition) is 2. The molecule has 0 amide bonds. The Kier molecular flexibility index (Phi) is 3.64. The first-order valence-electron chi connectivity index (χ1n) is 4.64. The Morgan fingerprint density at radius 2 is 1.62 bits per heavy atom. The molecule has 0 aliphatic carbocycles. The van der Waals surface area contributed by atoms with Gasteiger partial charge in [0.15, 0.2) is 0 Å². The third kappa shape index (κ3) is 2.64. The van der Waals surface area contributed by atoms with E-state index in [1.807, 2.05) is 36.4 Å². The number of anilines is 1. The summed E-state index contributed by atoms with van der Waals surface area (Å²) in [5.74, 6) is 0. The molecular formula is C12H9Cl2NS. The van der Waals surface area contributed by atoms with Gasteiger partial charge < -0.3 is 5.73 Å². The van der Waals surface area contributed by atoms with Gasteiger partial charge in [-0.15, -0.1) is 0 Å². The molecule has 0 fully saturated rings. The number of hydrogen-bond donors (Lipinski definition) is 1. The van der Waals surface area contributed by atoms with Crippen molar-refractivity contribution >= 4 is 40.7 Å². The number of halogens is 2. The SMILES string of the molecule is Nc1c(Cl)cccc1Sc1ccc(Cl)cc1. The summed E-state index contributed by atoms with van der Waals surface area (Å²) in [6, 6.07) is 13.2. The first-order valence-corrected chi connectivity index (χ1v) is 6.21. The molecule has 1 nitrogen and oxygen atoms in total. The molecule has 2 N–H and O–H groups in total. The third-order valence-corrected chi connectivity index (χ3v) is 3.72. The van der Waals surface area contributed by atoms with Gasteiger partial charge in [-0.2, -0.15) is 0 Å². The molecule has 0 saturated heterocycles. The fourth-order valence-electron chi connectivity index (χ4n) is 1.24. The summed E-state index contributed by atoms with van der Waals surface area (Å²) < 4.78 is 0. The second-order valence-corrected chi connectivity index (χ2v) is 5.17. The Morgan fingerprint density at radius 1 is 0.938 bits per heavy atom. The average molecular weight is 270 g/mol. The summed E-state index contributed by atoms with van der Waals surface area (Å²) in [6.45, 7) is 0. The van der Waals surface area contributed by atoms with Gasteiger partial charge in [0.05, 0.1) is 10.7 Å². The molecule has 0 aliphatic heterocycles. The lowest BCUT2D eigenvalue weighted by atomic mass is 10.3. The molecule has 0 atom stereocenters. The Balaban J connectivity index is 2.27. The van der Waals surface area contributed by atoms with Gasteiger partial charge in [0, 0.05) is 14.8 Å². The van der Waals surface area contributed by atoms with Crippen LogP contribution in [0.4, 0.5) is 5.69 Å². The van der Waals surface area contributed by atoms with Crippen molar-refractivity contribution in [2.75, 3.05) is 5.73 Å². The minimum atomic E-state index is 0.582. The van der Waals surface area contributed by atoms with Gasteiger partial charge >= 0.3 is 0 Å². The molecule has 2 rings (SSSR count). The second-order valence-electron chi connectivity index (χ2n) is 3.21. The summed E-state index contributed by atoms with van der Waals surface area (Å²) in [4.78, 5) is 2.04. The van der Waals surface area contributed by atoms with Crippen molar-refractivity contribution < 1.29 is 0 Å². The van der Waals surface area contributed by atoms with E-state index in [4.69, 9.17) is 28.9 Å². The fourth-order valence-corrected chi connectivity index (χ4v) is 2.49. The van der Waals surface area contributed by atoms with E-state index >= 15 is 0 Å². The molecule has 2 aromatic carbocycles. The number of para-hydroxylation sites is 1. The lowest BCUT2D eigenvalue weighted by Gasteiger charge is -2.06. The highest BCUT2D eigenvalue weighted by molar-refractivity contribution is 7.99. The van der Waals surface area contributed by atoms with Crippen LogP contribution in [0.5, 0.6) is 0 Å². The summed E-state index contributed by atoms with van der Waals surface area (Å²) in [5, 5.41) is 1.31. The lowest BCUT2D eigenvalue weighted by Crippen LogP contribution is -1.89. The molecule has 0 radical (unpaired) electrons. The lowest BCUT2D eigenvalue weighted by molar-refractivity contribution is 1.41. The largest absolute Gasteiger partial charge is 0.397 e. The molecule has 16 heavy (non-hydrogen) atoms. The quantitative estimate of drug-likeness (QED) is 0.798. The minimum absolute atomic E-state index is 0.582. The predicted molar refractivity (Wildman–Crippen MR) is 71.4 cm³/mol. The predicted octanol–water partition coefficient (Wildman–Crippen LogP) is 4.73. The molecule has 2 aromatic rings. The second kappa shape index (κ2) is 5.00. The Morgan fingerprint density at radius 3 is 2.31 bits per heavy atom. The molecule has 0 spiro atoms. The molecule has 0 saturated carbocycles. The van der Waals surface area contributed by atoms with E-state index in [1.165, 1.54) is 0 Å². The monoisotopic (exact) mass is 269 g/mol. The van der Waals surface area contributed by atoms with Crippen molar-refractivity contribution in [3.63, 3.8) is 0 Å². The van der Waals surface area contributed by atoms with Gasteiger partial charge in [-0.1, -0.05) is 41.0 Å². The van der Waals surface area contributed by atoms with Crippen molar-refractivity contribution in [1.29, 1.82) is 0 Å². The molecule has 0 heterocycles. The number of nitrogen functional groups attached to an aromatic ring is 1. The van der Waals surface area contributed by atoms with Gasteiger partial charge in [0.1, 0.15) is 0 Å². The van der Waals surface area contributed by atoms with Crippen LogP contribution in [-0.2, 0) is 0 Å². The van der Waals surface area contributed by atoms with Crippen LogP contribution in [0.1, 0.15) is 0 Å². The van der Waals surface area contributed by atoms with Gasteiger partial charge in [-0.25, -0.2) is 0 Å². The molecule has 0 unspecified atom stereocenters. The van der Waals surface area contributed by atoms with Crippen molar-refractivity contribution in [3.05, 3.63) is 52.5 Å². The van der Waals surface area contributed by atoms with Crippen molar-refractivity contribution in [2.24, 2.45) is 0 Å². The highest BCUT2D eigenvalue weighted by Crippen LogP contribution is 2.35. The zero-order valence-corrected chi connectivity index (χ0v) is 10.6. The first-order chi connectivity index (χ1) is 7.66. The van der Waals surface area contributed by atoms with Gasteiger partial charge in [-0.3, -0.25) is 0 Å². The minimum Gasteiger partial charge on any atom is -0.397 e. The van der Waals surface area contributed by atoms with Crippen LogP contribution in [0.15, 0.2) is 52.3 Å². The maximum Gasteiger partial charge on any atom is 0.0647 e. The van der Waals surface area contributed by atoms with E-state index in [-0.39, 0.29) is 0 Å². The number of benzene rings is 2. The normalized spacial score (nSPS) is 10.4. The van der Waals surface area contributed by atoms with Crippen LogP contribution < -0.4 is 5.73 Å². The summed E-state index contributed by atoms with van der Waals surface area (Å²) in [5.41, 5.74) is 6.50. The number of rotatable bonds is 2. The zero-order chi connectivity index (χ0) is 11.5. The van der Waals surface area contributed by atoms with Gasteiger partial charge in [0.2, 0.25) is 0 Å². The average Bonchev–Trinajstić information content (AvgIpc) is 2.28. The van der Waals surface area contributed by atoms with E-state index in [0.717, 1.165) is 14.8 Å². The van der Waals surface area contributed by atoms with E-state index in [9.17, 15) is 0 Å². The van der Waals surface area contributed by atoms with Crippen LogP contribution in [0.3, 0.4) is 0 Å². The summed E-state index contributed by atoms with van der Waals surface area (Å²) >= 11 is 13.3. The zero-order valence-electron chi connectivity index (χ0n) is 8.28. The Labute approximate surface area is 109 Å². The van der Waals surface area contributed by atoms with Gasteiger partial charge in [-0.05, 0) is 36.4 Å². The van der Waals surface area contributed by atoms with E-state index in [0.29, 0.717) is 10.7 Å². The smallest absolute Gasteiger partial charge is 0.0647 e. The van der Waals surface area contributed by atoms with E-state index in [2.05, 4.69) is 0 Å². The van der Waals surface area contributed by atoms with Crippen LogP contribution in [0.25, 0.3) is 0 Å². The molecule has 0 aromatic heterocycles. The van der Waals surface area contributed by atoms with Crippen LogP contribution in [-0.4, -0.2) is 0 Å². The molecule has 82 valence electrons. The fraction of sp³-hybridized carbons (Fsp3) is 0. The van der Waals surface area contributed by atoms with Crippen LogP contribution in [0, 0.1) is 0 Å². The van der Waals surface area contributed by atoms with Crippen LogP contribution >= 0.6 is 35.0 Å². The van der Waals surface area contributed by atoms with Crippen LogP contribution in [0.2, 0.25) is 10.0 Å². The molecule has 4 heteroatoms. The maximum absolute atomic E-state index is 5.95. The van der Waals surface area contributed by atoms with Crippen molar-refractivity contribution in [2.45, 2.75) is 9.79 Å². The summed E-state index contributed by atoms with van der Waals surface area (Å²) in [7, 11) is 0. The van der Waals surface area contributed by atoms with Crippen molar-refractivity contribution in [1.82, 2.24) is 0 Å². The molecule has 0 bridgehead atoms. The Hall–Kier alpha value is -0.830. The standard InChI is InChI=1S/C12H9Cl2NS/c13-8-4-6-9(7-5-8)16-11-3-1-2-10(14)12(11)15/h1-7H,15H2. The number of nitrogens with two attached hydrogens (primary N) is 1. The third-order valence-electron chi connectivity index (χ3n) is 2.05. The Bertz CT molecular complexity index is 497. The van der Waals surface area contributed by atoms with E-state index < -0.39 is 0 Å². The highest BCUT2D eigenvalue weighted by atomic mass is 35.5. The molecule has 0 aliphatic rings. The molecular weight excluding hydrogens is 261 g/mol. The topological polar surface area (TPSA) is 26.0 Å². The maximum atomic E-state index is 5.95. The van der Waals surface area contributed by atoms with Gasteiger partial charge in [0.25, 0.3) is 0 Å². The first kappa shape index (κ1) is 11.6. The van der Waals surface area contributed by atoms with E-state index in [1.54, 1.807) is 17.8 Å². The highest BCUT2D eigenvalue weighted by Gasteiger charge is 2.04. The van der Waals surface area contributed by atoms with Crippen molar-refractivity contribution in [3.8, 4) is 0 Å². The summed E-state index contributed by atoms with van der Waals surface area (Å²) in [6.07, 6.45) is 0.